The number of nitrogens with one attached hydrogen (secondary N) is 1. The lowest BCUT2D eigenvalue weighted by atomic mass is 10.2. The summed E-state index contributed by atoms with van der Waals surface area (Å²) in [6.07, 6.45) is 0. The van der Waals surface area contributed by atoms with Crippen molar-refractivity contribution in [3.8, 4) is 0 Å². The molecule has 0 aliphatic carbocycles. The van der Waals surface area contributed by atoms with E-state index in [0.29, 0.717) is 39.4 Å². The number of nitrogens with zero attached hydrogens (tertiary/aromatic N) is 3. The molecule has 0 bridgehead atoms. The van der Waals surface area contributed by atoms with Crippen LogP contribution >= 0.6 is 0 Å². The number of para-hydroxylation sites is 2. The molecule has 2 saturated heterocycles. The second kappa shape index (κ2) is 7.53. The Balaban J connectivity index is 1.63. The summed E-state index contributed by atoms with van der Waals surface area (Å²) in [5.41, 5.74) is 1.84. The summed E-state index contributed by atoms with van der Waals surface area (Å²) in [6.45, 7) is 6.92. The number of ether oxygens (including phenoxy) is 1. The Kier molecular flexibility index (Phi) is 5.20. The van der Waals surface area contributed by atoms with E-state index in [1.54, 1.807) is 16.7 Å². The zero-order valence-corrected chi connectivity index (χ0v) is 14.0. The van der Waals surface area contributed by atoms with Gasteiger partial charge in [-0.25, -0.2) is 4.79 Å². The Morgan fingerprint density at radius 3 is 2.25 bits per heavy atom. The van der Waals surface area contributed by atoms with Crippen molar-refractivity contribution in [2.24, 2.45) is 0 Å². The van der Waals surface area contributed by atoms with Crippen molar-refractivity contribution in [1.29, 1.82) is 0 Å². The van der Waals surface area contributed by atoms with Crippen LogP contribution in [0.3, 0.4) is 0 Å². The Labute approximate surface area is 142 Å². The third kappa shape index (κ3) is 3.79. The van der Waals surface area contributed by atoms with Crippen molar-refractivity contribution in [2.75, 3.05) is 62.7 Å². The number of morpholine rings is 1. The minimum Gasteiger partial charge on any atom is -0.378 e. The Hall–Kier alpha value is -2.28. The normalized spacial score (nSPS) is 18.5. The number of hydrogen-bond acceptors (Lipinski definition) is 4. The highest BCUT2D eigenvalue weighted by Gasteiger charge is 2.23. The second-order valence-electron chi connectivity index (χ2n) is 6.04. The predicted octanol–water partition coefficient (Wildman–Crippen LogP) is 1.22. The van der Waals surface area contributed by atoms with Crippen molar-refractivity contribution < 1.29 is 14.3 Å². The smallest absolute Gasteiger partial charge is 0.322 e. The van der Waals surface area contributed by atoms with Crippen LogP contribution in [0, 0.1) is 0 Å². The maximum absolute atomic E-state index is 12.5. The molecule has 1 aromatic rings. The van der Waals surface area contributed by atoms with Crippen molar-refractivity contribution in [3.05, 3.63) is 24.3 Å². The summed E-state index contributed by atoms with van der Waals surface area (Å²) in [6, 6.07) is 7.74. The van der Waals surface area contributed by atoms with Gasteiger partial charge in [-0.05, 0) is 12.1 Å². The molecule has 2 aliphatic heterocycles. The number of benzene rings is 1. The van der Waals surface area contributed by atoms with Crippen LogP contribution in [0.1, 0.15) is 6.92 Å². The standard InChI is InChI=1S/C17H24N4O3/c1-14(22)19-6-8-21(9-7-19)17(23)18-15-4-2-3-5-16(15)20-10-12-24-13-11-20/h2-5H,6-13H2,1H3,(H,18,23). The molecule has 0 aromatic heterocycles. The van der Waals surface area contributed by atoms with Gasteiger partial charge in [-0.2, -0.15) is 0 Å². The van der Waals surface area contributed by atoms with E-state index in [1.165, 1.54) is 0 Å². The van der Waals surface area contributed by atoms with Gasteiger partial charge >= 0.3 is 6.03 Å². The Bertz CT molecular complexity index is 593. The number of rotatable bonds is 2. The van der Waals surface area contributed by atoms with Crippen molar-refractivity contribution in [1.82, 2.24) is 9.80 Å². The van der Waals surface area contributed by atoms with Gasteiger partial charge in [0.25, 0.3) is 0 Å². The van der Waals surface area contributed by atoms with Crippen LogP contribution in [0.2, 0.25) is 0 Å². The molecule has 0 radical (unpaired) electrons. The lowest BCUT2D eigenvalue weighted by molar-refractivity contribution is -0.130. The lowest BCUT2D eigenvalue weighted by Crippen LogP contribution is -2.51. The summed E-state index contributed by atoms with van der Waals surface area (Å²) in [7, 11) is 0. The van der Waals surface area contributed by atoms with Gasteiger partial charge in [-0.15, -0.1) is 0 Å². The average molecular weight is 332 g/mol. The summed E-state index contributed by atoms with van der Waals surface area (Å²) >= 11 is 0. The third-order valence-corrected chi connectivity index (χ3v) is 4.51. The summed E-state index contributed by atoms with van der Waals surface area (Å²) in [5.74, 6) is 0.0627. The first-order valence-electron chi connectivity index (χ1n) is 8.38. The number of hydrogen-bond donors (Lipinski definition) is 1. The van der Waals surface area contributed by atoms with Crippen molar-refractivity contribution in [2.45, 2.75) is 6.92 Å². The summed E-state index contributed by atoms with van der Waals surface area (Å²) < 4.78 is 5.40. The van der Waals surface area contributed by atoms with Crippen LogP contribution < -0.4 is 10.2 Å². The highest BCUT2D eigenvalue weighted by molar-refractivity contribution is 5.93. The van der Waals surface area contributed by atoms with Gasteiger partial charge in [0.05, 0.1) is 24.6 Å². The predicted molar refractivity (Wildman–Crippen MR) is 92.3 cm³/mol. The van der Waals surface area contributed by atoms with Crippen molar-refractivity contribution >= 4 is 23.3 Å². The van der Waals surface area contributed by atoms with Gasteiger partial charge in [-0.1, -0.05) is 12.1 Å². The fourth-order valence-corrected chi connectivity index (χ4v) is 3.08. The van der Waals surface area contributed by atoms with Gasteiger partial charge in [0, 0.05) is 46.2 Å². The maximum Gasteiger partial charge on any atom is 0.322 e. The van der Waals surface area contributed by atoms with Gasteiger partial charge in [0.1, 0.15) is 0 Å². The number of carbonyl (C=O) groups excluding carboxylic acids is 2. The fraction of sp³-hybridized carbons (Fsp3) is 0.529. The summed E-state index contributed by atoms with van der Waals surface area (Å²) in [5, 5.41) is 3.02. The number of anilines is 2. The first-order chi connectivity index (χ1) is 11.6. The molecule has 2 aliphatic rings. The number of carbonyl (C=O) groups is 2. The second-order valence-corrected chi connectivity index (χ2v) is 6.04. The van der Waals surface area contributed by atoms with E-state index in [0.717, 1.165) is 24.5 Å². The quantitative estimate of drug-likeness (QED) is 0.884. The molecule has 2 heterocycles. The van der Waals surface area contributed by atoms with Crippen LogP contribution in [0.25, 0.3) is 0 Å². The topological polar surface area (TPSA) is 65.1 Å². The van der Waals surface area contributed by atoms with Crippen LogP contribution in [-0.4, -0.2) is 74.2 Å². The van der Waals surface area contributed by atoms with E-state index in [-0.39, 0.29) is 11.9 Å². The van der Waals surface area contributed by atoms with E-state index < -0.39 is 0 Å². The van der Waals surface area contributed by atoms with Gasteiger partial charge in [0.2, 0.25) is 5.91 Å². The molecule has 0 spiro atoms. The van der Waals surface area contributed by atoms with Gasteiger partial charge in [-0.3, -0.25) is 4.79 Å². The largest absolute Gasteiger partial charge is 0.378 e. The molecule has 2 fully saturated rings. The number of amides is 3. The van der Waals surface area contributed by atoms with E-state index in [1.807, 2.05) is 24.3 Å². The molecule has 7 heteroatoms. The monoisotopic (exact) mass is 332 g/mol. The Morgan fingerprint density at radius 2 is 1.58 bits per heavy atom. The molecule has 0 atom stereocenters. The SMILES string of the molecule is CC(=O)N1CCN(C(=O)Nc2ccccc2N2CCOCC2)CC1. The lowest BCUT2D eigenvalue weighted by Gasteiger charge is -2.35. The fourth-order valence-electron chi connectivity index (χ4n) is 3.08. The molecule has 1 aromatic carbocycles. The highest BCUT2D eigenvalue weighted by Crippen LogP contribution is 2.26. The van der Waals surface area contributed by atoms with Crippen molar-refractivity contribution in [3.63, 3.8) is 0 Å². The first kappa shape index (κ1) is 16.6. The van der Waals surface area contributed by atoms with E-state index in [9.17, 15) is 9.59 Å². The van der Waals surface area contributed by atoms with Gasteiger partial charge < -0.3 is 24.8 Å². The number of piperazine rings is 1. The van der Waals surface area contributed by atoms with Crippen LogP contribution in [-0.2, 0) is 9.53 Å². The average Bonchev–Trinajstić information content (AvgIpc) is 2.63. The molecule has 0 unspecified atom stereocenters. The molecule has 3 rings (SSSR count). The van der Waals surface area contributed by atoms with E-state index >= 15 is 0 Å². The van der Waals surface area contributed by atoms with Crippen LogP contribution in [0.4, 0.5) is 16.2 Å². The molecule has 0 saturated carbocycles. The summed E-state index contributed by atoms with van der Waals surface area (Å²) in [4.78, 5) is 29.7. The molecule has 3 amide bonds. The van der Waals surface area contributed by atoms with Gasteiger partial charge in [0.15, 0.2) is 0 Å². The minimum atomic E-state index is -0.112. The molecular weight excluding hydrogens is 308 g/mol. The number of urea groups is 1. The highest BCUT2D eigenvalue weighted by atomic mass is 16.5. The molecule has 1 N–H and O–H groups in total. The van der Waals surface area contributed by atoms with Crippen LogP contribution in [0.15, 0.2) is 24.3 Å². The van der Waals surface area contributed by atoms with E-state index in [2.05, 4.69) is 10.2 Å². The molecule has 24 heavy (non-hydrogen) atoms. The maximum atomic E-state index is 12.5. The third-order valence-electron chi connectivity index (χ3n) is 4.51. The molecular formula is C17H24N4O3. The first-order valence-corrected chi connectivity index (χ1v) is 8.38. The minimum absolute atomic E-state index is 0.0627. The van der Waals surface area contributed by atoms with E-state index in [4.69, 9.17) is 4.74 Å². The molecule has 7 nitrogen and oxygen atoms in total. The Morgan fingerprint density at radius 1 is 0.958 bits per heavy atom. The molecule has 130 valence electrons. The van der Waals surface area contributed by atoms with Crippen LogP contribution in [0.5, 0.6) is 0 Å². The zero-order valence-electron chi connectivity index (χ0n) is 14.0. The zero-order chi connectivity index (χ0) is 16.9.